The highest BCUT2D eigenvalue weighted by Gasteiger charge is 2.25. The van der Waals surface area contributed by atoms with Gasteiger partial charge in [0.15, 0.2) is 0 Å². The Morgan fingerprint density at radius 2 is 2.21 bits per heavy atom. The molecule has 146 valence electrons. The largest absolute Gasteiger partial charge is 0.495 e. The first kappa shape index (κ1) is 18.8. The number of amides is 1. The molecule has 3 aromatic rings. The van der Waals surface area contributed by atoms with E-state index in [1.807, 2.05) is 24.3 Å². The summed E-state index contributed by atoms with van der Waals surface area (Å²) in [5, 5.41) is 3.47. The first-order valence-corrected chi connectivity index (χ1v) is 9.80. The zero-order chi connectivity index (χ0) is 19.5. The third-order valence-electron chi connectivity index (χ3n) is 5.10. The highest BCUT2D eigenvalue weighted by Crippen LogP contribution is 2.29. The van der Waals surface area contributed by atoms with Crippen LogP contribution >= 0.6 is 11.6 Å². The van der Waals surface area contributed by atoms with Gasteiger partial charge < -0.3 is 15.0 Å². The second-order valence-corrected chi connectivity index (χ2v) is 7.54. The van der Waals surface area contributed by atoms with Gasteiger partial charge in [-0.1, -0.05) is 23.7 Å². The van der Waals surface area contributed by atoms with Crippen molar-refractivity contribution in [3.8, 4) is 5.75 Å². The fourth-order valence-corrected chi connectivity index (χ4v) is 3.93. The van der Waals surface area contributed by atoms with Gasteiger partial charge >= 0.3 is 0 Å². The van der Waals surface area contributed by atoms with Crippen molar-refractivity contribution in [2.24, 2.45) is 0 Å². The fourth-order valence-electron chi connectivity index (χ4n) is 3.76. The van der Waals surface area contributed by atoms with Crippen LogP contribution in [-0.4, -0.2) is 47.5 Å². The second-order valence-electron chi connectivity index (χ2n) is 7.11. The summed E-state index contributed by atoms with van der Waals surface area (Å²) in [5.41, 5.74) is 2.63. The normalized spacial score (nSPS) is 17.6. The molecule has 28 heavy (non-hydrogen) atoms. The van der Waals surface area contributed by atoms with E-state index in [2.05, 4.69) is 15.2 Å². The maximum absolute atomic E-state index is 12.6. The summed E-state index contributed by atoms with van der Waals surface area (Å²) < 4.78 is 5.30. The number of anilines is 1. The number of methoxy groups -OCH3 is 1. The van der Waals surface area contributed by atoms with E-state index in [9.17, 15) is 4.79 Å². The fraction of sp³-hybridized carbons (Fsp3) is 0.333. The van der Waals surface area contributed by atoms with E-state index in [1.165, 1.54) is 0 Å². The molecular weight excluding hydrogens is 376 g/mol. The van der Waals surface area contributed by atoms with Crippen LogP contribution in [0, 0.1) is 0 Å². The van der Waals surface area contributed by atoms with E-state index in [0.717, 1.165) is 42.8 Å². The molecule has 4 rings (SSSR count). The maximum Gasteiger partial charge on any atom is 0.238 e. The van der Waals surface area contributed by atoms with Gasteiger partial charge in [-0.25, -0.2) is 4.98 Å². The molecule has 1 saturated heterocycles. The van der Waals surface area contributed by atoms with Gasteiger partial charge in [0.1, 0.15) is 11.6 Å². The predicted octanol–water partition coefficient (Wildman–Crippen LogP) is 4.04. The van der Waals surface area contributed by atoms with Crippen LogP contribution in [-0.2, 0) is 4.79 Å². The Morgan fingerprint density at radius 3 is 3.04 bits per heavy atom. The summed E-state index contributed by atoms with van der Waals surface area (Å²) in [7, 11) is 1.57. The maximum atomic E-state index is 12.6. The number of aromatic nitrogens is 2. The average Bonchev–Trinajstić information content (AvgIpc) is 3.13. The molecule has 1 aliphatic rings. The number of likely N-dealkylation sites (tertiary alicyclic amines) is 1. The number of carbonyl (C=O) groups excluding carboxylic acids is 1. The number of imidazole rings is 1. The average molecular weight is 399 g/mol. The SMILES string of the molecule is COc1ccc(Cl)cc1NC(=O)CN1CCCC(c2nc3ccccc3[nH]2)C1. The van der Waals surface area contributed by atoms with Gasteiger partial charge in [-0.2, -0.15) is 0 Å². The number of nitrogens with zero attached hydrogens (tertiary/aromatic N) is 2. The number of benzene rings is 2. The lowest BCUT2D eigenvalue weighted by atomic mass is 9.97. The van der Waals surface area contributed by atoms with Crippen LogP contribution in [0.5, 0.6) is 5.75 Å². The number of carbonyl (C=O) groups is 1. The van der Waals surface area contributed by atoms with Gasteiger partial charge in [-0.15, -0.1) is 0 Å². The molecule has 2 heterocycles. The van der Waals surface area contributed by atoms with Gasteiger partial charge in [0, 0.05) is 17.5 Å². The number of ether oxygens (including phenoxy) is 1. The van der Waals surface area contributed by atoms with Crippen molar-refractivity contribution in [2.45, 2.75) is 18.8 Å². The number of hydrogen-bond donors (Lipinski definition) is 2. The molecule has 1 fully saturated rings. The molecule has 1 unspecified atom stereocenters. The van der Waals surface area contributed by atoms with Crippen LogP contribution in [0.25, 0.3) is 11.0 Å². The molecule has 0 aliphatic carbocycles. The van der Waals surface area contributed by atoms with Crippen LogP contribution in [0.4, 0.5) is 5.69 Å². The Balaban J connectivity index is 1.41. The van der Waals surface area contributed by atoms with E-state index in [-0.39, 0.29) is 5.91 Å². The number of halogens is 1. The number of piperidine rings is 1. The summed E-state index contributed by atoms with van der Waals surface area (Å²) in [6.07, 6.45) is 2.11. The lowest BCUT2D eigenvalue weighted by Crippen LogP contribution is -2.40. The number of hydrogen-bond acceptors (Lipinski definition) is 4. The van der Waals surface area contributed by atoms with Gasteiger partial charge in [0.25, 0.3) is 0 Å². The lowest BCUT2D eigenvalue weighted by Gasteiger charge is -2.31. The Bertz CT molecular complexity index is 954. The minimum absolute atomic E-state index is 0.0779. The summed E-state index contributed by atoms with van der Waals surface area (Å²) in [6.45, 7) is 2.03. The molecule has 6 nitrogen and oxygen atoms in total. The Morgan fingerprint density at radius 1 is 1.36 bits per heavy atom. The van der Waals surface area contributed by atoms with Gasteiger partial charge in [-0.05, 0) is 49.7 Å². The predicted molar refractivity (Wildman–Crippen MR) is 111 cm³/mol. The zero-order valence-electron chi connectivity index (χ0n) is 15.7. The topological polar surface area (TPSA) is 70.2 Å². The Kier molecular flexibility index (Phi) is 5.50. The molecule has 0 radical (unpaired) electrons. The molecule has 2 aromatic carbocycles. The number of nitrogens with one attached hydrogen (secondary N) is 2. The van der Waals surface area contributed by atoms with Crippen molar-refractivity contribution < 1.29 is 9.53 Å². The Labute approximate surface area is 168 Å². The molecule has 1 amide bonds. The first-order valence-electron chi connectivity index (χ1n) is 9.43. The molecule has 1 aliphatic heterocycles. The van der Waals surface area contributed by atoms with Gasteiger partial charge in [0.2, 0.25) is 5.91 Å². The van der Waals surface area contributed by atoms with E-state index >= 15 is 0 Å². The molecule has 0 bridgehead atoms. The quantitative estimate of drug-likeness (QED) is 0.680. The standard InChI is InChI=1S/C21H23ClN4O2/c1-28-19-9-8-15(22)11-18(19)23-20(27)13-26-10-4-5-14(12-26)21-24-16-6-2-3-7-17(16)25-21/h2-3,6-9,11,14H,4-5,10,12-13H2,1H3,(H,23,27)(H,24,25). The number of rotatable bonds is 5. The van der Waals surface area contributed by atoms with Crippen molar-refractivity contribution in [2.75, 3.05) is 32.1 Å². The van der Waals surface area contributed by atoms with Crippen LogP contribution in [0.3, 0.4) is 0 Å². The van der Waals surface area contributed by atoms with Crippen LogP contribution < -0.4 is 10.1 Å². The summed E-state index contributed by atoms with van der Waals surface area (Å²) in [4.78, 5) is 22.9. The molecule has 7 heteroatoms. The van der Waals surface area contributed by atoms with Crippen molar-refractivity contribution in [1.29, 1.82) is 0 Å². The molecule has 0 saturated carbocycles. The highest BCUT2D eigenvalue weighted by molar-refractivity contribution is 6.31. The first-order chi connectivity index (χ1) is 13.6. The molecule has 0 spiro atoms. The van der Waals surface area contributed by atoms with E-state index in [4.69, 9.17) is 21.3 Å². The summed E-state index contributed by atoms with van der Waals surface area (Å²) in [6, 6.07) is 13.2. The van der Waals surface area contributed by atoms with Crippen molar-refractivity contribution in [1.82, 2.24) is 14.9 Å². The third-order valence-corrected chi connectivity index (χ3v) is 5.34. The number of H-pyrrole nitrogens is 1. The summed E-state index contributed by atoms with van der Waals surface area (Å²) in [5.74, 6) is 1.82. The molecule has 1 aromatic heterocycles. The number of para-hydroxylation sites is 2. The summed E-state index contributed by atoms with van der Waals surface area (Å²) >= 11 is 6.04. The van der Waals surface area contributed by atoms with E-state index in [1.54, 1.807) is 25.3 Å². The van der Waals surface area contributed by atoms with Crippen molar-refractivity contribution in [3.05, 3.63) is 53.3 Å². The van der Waals surface area contributed by atoms with Gasteiger partial charge in [-0.3, -0.25) is 9.69 Å². The van der Waals surface area contributed by atoms with Crippen LogP contribution in [0.15, 0.2) is 42.5 Å². The minimum Gasteiger partial charge on any atom is -0.495 e. The smallest absolute Gasteiger partial charge is 0.238 e. The number of aromatic amines is 1. The lowest BCUT2D eigenvalue weighted by molar-refractivity contribution is -0.117. The Hall–Kier alpha value is -2.57. The molecular formula is C21H23ClN4O2. The number of fused-ring (bicyclic) bond motifs is 1. The van der Waals surface area contributed by atoms with Crippen LogP contribution in [0.1, 0.15) is 24.6 Å². The third kappa shape index (κ3) is 4.13. The van der Waals surface area contributed by atoms with E-state index in [0.29, 0.717) is 28.9 Å². The monoisotopic (exact) mass is 398 g/mol. The van der Waals surface area contributed by atoms with Crippen LogP contribution in [0.2, 0.25) is 5.02 Å². The van der Waals surface area contributed by atoms with Crippen molar-refractivity contribution >= 4 is 34.2 Å². The highest BCUT2D eigenvalue weighted by atomic mass is 35.5. The van der Waals surface area contributed by atoms with Crippen molar-refractivity contribution in [3.63, 3.8) is 0 Å². The minimum atomic E-state index is -0.0779. The molecule has 2 N–H and O–H groups in total. The second kappa shape index (κ2) is 8.20. The van der Waals surface area contributed by atoms with E-state index < -0.39 is 0 Å². The van der Waals surface area contributed by atoms with Gasteiger partial charge in [0.05, 0.1) is 30.4 Å². The zero-order valence-corrected chi connectivity index (χ0v) is 16.5. The molecule has 1 atom stereocenters.